The largest absolute Gasteiger partial charge is 0.462 e. The molecule has 0 bridgehead atoms. The molecule has 5 heteroatoms. The molecule has 4 rings (SSSR count). The molecule has 0 aliphatic carbocycles. The summed E-state index contributed by atoms with van der Waals surface area (Å²) in [6.45, 7) is 1.27. The number of furan rings is 1. The molecular weight excluding hydrogens is 380 g/mol. The average molecular weight is 403 g/mol. The van der Waals surface area contributed by atoms with E-state index in [4.69, 9.17) is 4.42 Å². The van der Waals surface area contributed by atoms with Gasteiger partial charge >= 0.3 is 0 Å². The fourth-order valence-electron chi connectivity index (χ4n) is 3.17. The Bertz CT molecular complexity index is 1030. The zero-order valence-corrected chi connectivity index (χ0v) is 16.8. The maximum absolute atomic E-state index is 13.1. The number of rotatable bonds is 8. The molecule has 4 aromatic rings. The van der Waals surface area contributed by atoms with Crippen molar-refractivity contribution in [1.82, 2.24) is 9.88 Å². The predicted octanol–water partition coefficient (Wildman–Crippen LogP) is 5.22. The van der Waals surface area contributed by atoms with E-state index < -0.39 is 0 Å². The number of nitrogens with zero attached hydrogens (tertiary/aromatic N) is 2. The molecule has 0 saturated heterocycles. The first-order chi connectivity index (χ1) is 14.3. The van der Waals surface area contributed by atoms with Gasteiger partial charge in [-0.1, -0.05) is 60.7 Å². The fraction of sp³-hybridized carbons (Fsp3) is 0.167. The van der Waals surface area contributed by atoms with E-state index >= 15 is 0 Å². The van der Waals surface area contributed by atoms with E-state index in [0.717, 1.165) is 28.4 Å². The number of hydrogen-bond acceptors (Lipinski definition) is 4. The molecule has 146 valence electrons. The van der Waals surface area contributed by atoms with Crippen LogP contribution in [0.4, 0.5) is 0 Å². The van der Waals surface area contributed by atoms with Crippen LogP contribution in [0.1, 0.15) is 16.8 Å². The Balaban J connectivity index is 1.46. The second-order valence-corrected chi connectivity index (χ2v) is 7.69. The predicted molar refractivity (Wildman–Crippen MR) is 116 cm³/mol. The van der Waals surface area contributed by atoms with Crippen LogP contribution in [0.25, 0.3) is 10.8 Å². The third kappa shape index (κ3) is 5.21. The van der Waals surface area contributed by atoms with Crippen LogP contribution in [-0.2, 0) is 24.2 Å². The van der Waals surface area contributed by atoms with Crippen LogP contribution in [0.3, 0.4) is 0 Å². The molecule has 0 aliphatic rings. The van der Waals surface area contributed by atoms with Crippen LogP contribution in [0.15, 0.2) is 88.9 Å². The van der Waals surface area contributed by atoms with Crippen molar-refractivity contribution >= 4 is 17.2 Å². The summed E-state index contributed by atoms with van der Waals surface area (Å²) >= 11 is 1.50. The Labute approximate surface area is 174 Å². The van der Waals surface area contributed by atoms with Gasteiger partial charge in [-0.2, -0.15) is 0 Å². The molecule has 0 N–H and O–H groups in total. The topological polar surface area (TPSA) is 46.3 Å². The zero-order valence-electron chi connectivity index (χ0n) is 16.0. The molecular formula is C24H22N2O2S. The highest BCUT2D eigenvalue weighted by molar-refractivity contribution is 7.13. The van der Waals surface area contributed by atoms with Crippen molar-refractivity contribution in [2.24, 2.45) is 0 Å². The lowest BCUT2D eigenvalue weighted by Crippen LogP contribution is -2.33. The zero-order chi connectivity index (χ0) is 19.9. The molecule has 0 radical (unpaired) electrons. The third-order valence-corrected chi connectivity index (χ3v) is 5.60. The number of thiazole rings is 1. The summed E-state index contributed by atoms with van der Waals surface area (Å²) in [5, 5.41) is 2.74. The lowest BCUT2D eigenvalue weighted by Gasteiger charge is -2.23. The Hall–Kier alpha value is -3.18. The van der Waals surface area contributed by atoms with Gasteiger partial charge in [0.1, 0.15) is 0 Å². The number of aromatic nitrogens is 1. The Morgan fingerprint density at radius 3 is 2.34 bits per heavy atom. The molecule has 2 aromatic heterocycles. The van der Waals surface area contributed by atoms with Crippen molar-refractivity contribution in [1.29, 1.82) is 0 Å². The lowest BCUT2D eigenvalue weighted by atomic mass is 10.1. The standard InChI is InChI=1S/C24H22N2O2S/c27-23(16-21-18-29-24(25-21)22-12-7-15-28-22)26(17-20-10-5-2-6-11-20)14-13-19-8-3-1-4-9-19/h1-12,15,18H,13-14,16-17H2. The normalized spacial score (nSPS) is 10.8. The van der Waals surface area contributed by atoms with Gasteiger partial charge in [0, 0.05) is 18.5 Å². The average Bonchev–Trinajstić information content (AvgIpc) is 3.44. The van der Waals surface area contributed by atoms with E-state index in [9.17, 15) is 4.79 Å². The molecule has 0 unspecified atom stereocenters. The van der Waals surface area contributed by atoms with Gasteiger partial charge in [0.05, 0.1) is 18.4 Å². The Morgan fingerprint density at radius 1 is 0.931 bits per heavy atom. The highest BCUT2D eigenvalue weighted by Crippen LogP contribution is 2.24. The Morgan fingerprint density at radius 2 is 1.66 bits per heavy atom. The van der Waals surface area contributed by atoms with Crippen LogP contribution < -0.4 is 0 Å². The summed E-state index contributed by atoms with van der Waals surface area (Å²) in [6.07, 6.45) is 2.75. The highest BCUT2D eigenvalue weighted by Gasteiger charge is 2.17. The van der Waals surface area contributed by atoms with E-state index in [1.807, 2.05) is 58.8 Å². The molecule has 2 heterocycles. The SMILES string of the molecule is O=C(Cc1csc(-c2ccco2)n1)N(CCc1ccccc1)Cc1ccccc1. The van der Waals surface area contributed by atoms with E-state index in [2.05, 4.69) is 29.2 Å². The van der Waals surface area contributed by atoms with Crippen molar-refractivity contribution < 1.29 is 9.21 Å². The van der Waals surface area contributed by atoms with E-state index in [1.165, 1.54) is 16.9 Å². The first-order valence-electron chi connectivity index (χ1n) is 9.62. The summed E-state index contributed by atoms with van der Waals surface area (Å²) in [5.74, 6) is 0.819. The summed E-state index contributed by atoms with van der Waals surface area (Å²) < 4.78 is 5.40. The van der Waals surface area contributed by atoms with Crippen molar-refractivity contribution in [2.45, 2.75) is 19.4 Å². The molecule has 1 amide bonds. The summed E-state index contributed by atoms with van der Waals surface area (Å²) in [5.41, 5.74) is 3.14. The quantitative estimate of drug-likeness (QED) is 0.406. The van der Waals surface area contributed by atoms with E-state index in [0.29, 0.717) is 19.5 Å². The Kier molecular flexibility index (Phi) is 6.17. The van der Waals surface area contributed by atoms with Crippen molar-refractivity contribution in [3.8, 4) is 10.8 Å². The summed E-state index contributed by atoms with van der Waals surface area (Å²) in [7, 11) is 0. The van der Waals surface area contributed by atoms with Gasteiger partial charge in [0.25, 0.3) is 0 Å². The number of carbonyl (C=O) groups excluding carboxylic acids is 1. The third-order valence-electron chi connectivity index (χ3n) is 4.70. The first-order valence-corrected chi connectivity index (χ1v) is 10.5. The maximum atomic E-state index is 13.1. The van der Waals surface area contributed by atoms with Crippen LogP contribution in [0.2, 0.25) is 0 Å². The smallest absolute Gasteiger partial charge is 0.228 e. The molecule has 0 aliphatic heterocycles. The lowest BCUT2D eigenvalue weighted by molar-refractivity contribution is -0.131. The second kappa shape index (κ2) is 9.34. The fourth-order valence-corrected chi connectivity index (χ4v) is 3.96. The summed E-state index contributed by atoms with van der Waals surface area (Å²) in [6, 6.07) is 24.1. The monoisotopic (exact) mass is 402 g/mol. The van der Waals surface area contributed by atoms with E-state index in [-0.39, 0.29) is 5.91 Å². The minimum atomic E-state index is 0.0843. The molecule has 4 nitrogen and oxygen atoms in total. The maximum Gasteiger partial charge on any atom is 0.228 e. The second-order valence-electron chi connectivity index (χ2n) is 6.83. The van der Waals surface area contributed by atoms with E-state index in [1.54, 1.807) is 6.26 Å². The molecule has 29 heavy (non-hydrogen) atoms. The number of hydrogen-bond donors (Lipinski definition) is 0. The van der Waals surface area contributed by atoms with Crippen LogP contribution in [0, 0.1) is 0 Å². The number of amides is 1. The molecule has 0 atom stereocenters. The van der Waals surface area contributed by atoms with Gasteiger partial charge in [-0.05, 0) is 29.7 Å². The molecule has 0 spiro atoms. The van der Waals surface area contributed by atoms with Gasteiger partial charge in [-0.25, -0.2) is 4.98 Å². The van der Waals surface area contributed by atoms with Gasteiger partial charge in [-0.3, -0.25) is 4.79 Å². The molecule has 0 saturated carbocycles. The van der Waals surface area contributed by atoms with Gasteiger partial charge in [0.15, 0.2) is 10.8 Å². The van der Waals surface area contributed by atoms with Gasteiger partial charge in [-0.15, -0.1) is 11.3 Å². The minimum absolute atomic E-state index is 0.0843. The minimum Gasteiger partial charge on any atom is -0.462 e. The highest BCUT2D eigenvalue weighted by atomic mass is 32.1. The molecule has 0 fully saturated rings. The van der Waals surface area contributed by atoms with Crippen molar-refractivity contribution in [2.75, 3.05) is 6.54 Å². The van der Waals surface area contributed by atoms with Gasteiger partial charge < -0.3 is 9.32 Å². The molecule has 2 aromatic carbocycles. The first kappa shape index (κ1) is 19.2. The number of carbonyl (C=O) groups is 1. The summed E-state index contributed by atoms with van der Waals surface area (Å²) in [4.78, 5) is 19.6. The van der Waals surface area contributed by atoms with Crippen molar-refractivity contribution in [3.05, 3.63) is 101 Å². The number of benzene rings is 2. The van der Waals surface area contributed by atoms with Gasteiger partial charge in [0.2, 0.25) is 5.91 Å². The van der Waals surface area contributed by atoms with Crippen LogP contribution in [0.5, 0.6) is 0 Å². The van der Waals surface area contributed by atoms with Crippen LogP contribution >= 0.6 is 11.3 Å². The van der Waals surface area contributed by atoms with Crippen molar-refractivity contribution in [3.63, 3.8) is 0 Å². The van der Waals surface area contributed by atoms with Crippen LogP contribution in [-0.4, -0.2) is 22.3 Å².